The Morgan fingerprint density at radius 1 is 0.302 bits per heavy atom. The van der Waals surface area contributed by atoms with Gasteiger partial charge in [0.05, 0.1) is 33.6 Å². The van der Waals surface area contributed by atoms with E-state index in [1.54, 1.807) is 0 Å². The highest BCUT2D eigenvalue weighted by Gasteiger charge is 2.17. The van der Waals surface area contributed by atoms with Gasteiger partial charge in [-0.2, -0.15) is 0 Å². The number of aromatic nitrogens is 4. The summed E-state index contributed by atoms with van der Waals surface area (Å²) in [5.74, 6) is 0.676. The van der Waals surface area contributed by atoms with Crippen LogP contribution in [0.5, 0.6) is 0 Å². The molecule has 0 saturated heterocycles. The summed E-state index contributed by atoms with van der Waals surface area (Å²) in [6, 6.07) is 81.5. The van der Waals surface area contributed by atoms with Crippen molar-refractivity contribution in [3.63, 3.8) is 0 Å². The molecule has 0 aliphatic carbocycles. The van der Waals surface area contributed by atoms with E-state index in [0.717, 1.165) is 72.4 Å². The van der Waals surface area contributed by atoms with E-state index in [1.807, 2.05) is 12.1 Å². The molecule has 3 heterocycles. The monoisotopic (exact) mass is 802 g/mol. The molecule has 3 aromatic heterocycles. The van der Waals surface area contributed by atoms with Crippen LogP contribution in [0.1, 0.15) is 0 Å². The summed E-state index contributed by atoms with van der Waals surface area (Å²) in [6.45, 7) is 0. The Morgan fingerprint density at radius 2 is 0.841 bits per heavy atom. The van der Waals surface area contributed by atoms with E-state index in [1.165, 1.54) is 38.3 Å². The molecular weight excluding hydrogens is 765 g/mol. The van der Waals surface area contributed by atoms with E-state index in [4.69, 9.17) is 15.0 Å². The van der Waals surface area contributed by atoms with Gasteiger partial charge in [-0.15, -0.1) is 0 Å². The zero-order valence-corrected chi connectivity index (χ0v) is 34.2. The Hall–Kier alpha value is -8.47. The SMILES string of the molecule is c1ccc(-c2cc(-c3cccc(-n4c5ccccc5c5ccccc54)c3)nc(-c3cccc(-c4ccc5c(ccc6nc(-c7ccccc7)cc(-c7ccccc7)c65)c4)c3)n2)cc1. The second-order valence-electron chi connectivity index (χ2n) is 16.0. The van der Waals surface area contributed by atoms with E-state index in [2.05, 4.69) is 223 Å². The van der Waals surface area contributed by atoms with Gasteiger partial charge in [-0.3, -0.25) is 0 Å². The van der Waals surface area contributed by atoms with Gasteiger partial charge in [0.15, 0.2) is 5.82 Å². The maximum atomic E-state index is 5.31. The van der Waals surface area contributed by atoms with Crippen LogP contribution in [-0.2, 0) is 0 Å². The van der Waals surface area contributed by atoms with E-state index in [-0.39, 0.29) is 0 Å². The number of fused-ring (bicyclic) bond motifs is 6. The molecule has 0 unspecified atom stereocenters. The molecule has 63 heavy (non-hydrogen) atoms. The summed E-state index contributed by atoms with van der Waals surface area (Å²) >= 11 is 0. The van der Waals surface area contributed by atoms with Gasteiger partial charge in [0.25, 0.3) is 0 Å². The molecular formula is C59H38N4. The fourth-order valence-corrected chi connectivity index (χ4v) is 9.17. The standard InChI is InChI=1S/C59H38N4/c1-4-16-39(17-5-1)51-37-53(40-18-6-2-7-19-40)60-52-33-31-44-34-43(30-32-48(44)58(51)52)42-22-14-24-46(35-42)59-61-54(41-20-8-3-9-21-41)38-55(62-59)45-23-15-25-47(36-45)63-56-28-12-10-26-49(56)50-27-11-13-29-57(50)63/h1-38H. The Kier molecular flexibility index (Phi) is 8.79. The van der Waals surface area contributed by atoms with Gasteiger partial charge in [-0.05, 0) is 87.6 Å². The molecule has 0 spiro atoms. The third kappa shape index (κ3) is 6.53. The zero-order chi connectivity index (χ0) is 41.7. The van der Waals surface area contributed by atoms with Crippen LogP contribution < -0.4 is 0 Å². The number of hydrogen-bond donors (Lipinski definition) is 0. The number of para-hydroxylation sites is 2. The minimum Gasteiger partial charge on any atom is -0.309 e. The number of hydrogen-bond acceptors (Lipinski definition) is 3. The molecule has 0 amide bonds. The number of rotatable bonds is 7. The number of benzene rings is 9. The van der Waals surface area contributed by atoms with Gasteiger partial charge in [-0.1, -0.05) is 176 Å². The molecule has 0 N–H and O–H groups in total. The van der Waals surface area contributed by atoms with Crippen molar-refractivity contribution in [2.75, 3.05) is 0 Å². The van der Waals surface area contributed by atoms with E-state index in [0.29, 0.717) is 5.82 Å². The van der Waals surface area contributed by atoms with E-state index < -0.39 is 0 Å². The summed E-state index contributed by atoms with van der Waals surface area (Å²) in [6.07, 6.45) is 0. The topological polar surface area (TPSA) is 43.6 Å². The smallest absolute Gasteiger partial charge is 0.160 e. The summed E-state index contributed by atoms with van der Waals surface area (Å²) in [5.41, 5.74) is 15.8. The lowest BCUT2D eigenvalue weighted by Gasteiger charge is -2.14. The van der Waals surface area contributed by atoms with Crippen molar-refractivity contribution in [2.24, 2.45) is 0 Å². The van der Waals surface area contributed by atoms with Gasteiger partial charge < -0.3 is 4.57 Å². The van der Waals surface area contributed by atoms with Crippen LogP contribution in [-0.4, -0.2) is 19.5 Å². The predicted octanol–water partition coefficient (Wildman–Crippen LogP) is 15.3. The van der Waals surface area contributed by atoms with Crippen molar-refractivity contribution in [3.05, 3.63) is 231 Å². The molecule has 0 saturated carbocycles. The second kappa shape index (κ2) is 15.2. The fourth-order valence-electron chi connectivity index (χ4n) is 9.17. The number of pyridine rings is 1. The molecule has 294 valence electrons. The lowest BCUT2D eigenvalue weighted by Crippen LogP contribution is -1.98. The fraction of sp³-hybridized carbons (Fsp3) is 0. The maximum absolute atomic E-state index is 5.31. The second-order valence-corrected chi connectivity index (χ2v) is 16.0. The lowest BCUT2D eigenvalue weighted by molar-refractivity contribution is 1.16. The van der Waals surface area contributed by atoms with Crippen molar-refractivity contribution in [1.82, 2.24) is 19.5 Å². The quantitative estimate of drug-likeness (QED) is 0.151. The van der Waals surface area contributed by atoms with E-state index in [9.17, 15) is 0 Å². The first-order chi connectivity index (χ1) is 31.2. The Balaban J connectivity index is 0.966. The highest BCUT2D eigenvalue weighted by Crippen LogP contribution is 2.39. The van der Waals surface area contributed by atoms with Gasteiger partial charge in [0.2, 0.25) is 0 Å². The third-order valence-electron chi connectivity index (χ3n) is 12.2. The van der Waals surface area contributed by atoms with Gasteiger partial charge in [-0.25, -0.2) is 15.0 Å². The van der Waals surface area contributed by atoms with Crippen molar-refractivity contribution >= 4 is 43.5 Å². The minimum absolute atomic E-state index is 0.676. The van der Waals surface area contributed by atoms with Gasteiger partial charge in [0, 0.05) is 44.1 Å². The zero-order valence-electron chi connectivity index (χ0n) is 34.2. The molecule has 0 bridgehead atoms. The van der Waals surface area contributed by atoms with Gasteiger partial charge in [0.1, 0.15) is 0 Å². The first-order valence-electron chi connectivity index (χ1n) is 21.3. The van der Waals surface area contributed by atoms with Crippen LogP contribution in [0, 0.1) is 0 Å². The molecule has 0 fully saturated rings. The van der Waals surface area contributed by atoms with Crippen molar-refractivity contribution < 1.29 is 0 Å². The van der Waals surface area contributed by atoms with Crippen LogP contribution in [0.15, 0.2) is 231 Å². The normalized spacial score (nSPS) is 11.5. The highest BCUT2D eigenvalue weighted by atomic mass is 15.0. The third-order valence-corrected chi connectivity index (χ3v) is 12.2. The Labute approximate surface area is 365 Å². The first-order valence-corrected chi connectivity index (χ1v) is 21.3. The van der Waals surface area contributed by atoms with Crippen LogP contribution in [0.3, 0.4) is 0 Å². The van der Waals surface area contributed by atoms with E-state index >= 15 is 0 Å². The average molecular weight is 803 g/mol. The minimum atomic E-state index is 0.676. The molecule has 0 atom stereocenters. The summed E-state index contributed by atoms with van der Waals surface area (Å²) in [7, 11) is 0. The van der Waals surface area contributed by atoms with Crippen LogP contribution in [0.2, 0.25) is 0 Å². The van der Waals surface area contributed by atoms with Crippen molar-refractivity contribution in [1.29, 1.82) is 0 Å². The number of nitrogens with zero attached hydrogens (tertiary/aromatic N) is 4. The molecule has 4 nitrogen and oxygen atoms in total. The molecule has 12 aromatic rings. The molecule has 9 aromatic carbocycles. The summed E-state index contributed by atoms with van der Waals surface area (Å²) in [5, 5.41) is 5.95. The Morgan fingerprint density at radius 3 is 1.54 bits per heavy atom. The van der Waals surface area contributed by atoms with Crippen LogP contribution in [0.4, 0.5) is 0 Å². The molecule has 0 aliphatic rings. The molecule has 12 rings (SSSR count). The predicted molar refractivity (Wildman–Crippen MR) is 262 cm³/mol. The molecule has 0 radical (unpaired) electrons. The van der Waals surface area contributed by atoms with Crippen molar-refractivity contribution in [3.8, 4) is 73.1 Å². The first kappa shape index (κ1) is 36.4. The van der Waals surface area contributed by atoms with Crippen molar-refractivity contribution in [2.45, 2.75) is 0 Å². The average Bonchev–Trinajstić information content (AvgIpc) is 3.71. The lowest BCUT2D eigenvalue weighted by atomic mass is 9.93. The summed E-state index contributed by atoms with van der Waals surface area (Å²) < 4.78 is 2.35. The Bertz CT molecular complexity index is 3620. The van der Waals surface area contributed by atoms with Gasteiger partial charge >= 0.3 is 0 Å². The summed E-state index contributed by atoms with van der Waals surface area (Å²) in [4.78, 5) is 15.7. The highest BCUT2D eigenvalue weighted by molar-refractivity contribution is 6.14. The molecule has 0 aliphatic heterocycles. The largest absolute Gasteiger partial charge is 0.309 e. The molecule has 4 heteroatoms. The van der Waals surface area contributed by atoms with Crippen LogP contribution >= 0.6 is 0 Å². The maximum Gasteiger partial charge on any atom is 0.160 e. The van der Waals surface area contributed by atoms with Crippen LogP contribution in [0.25, 0.3) is 117 Å².